The average Bonchev–Trinajstić information content (AvgIpc) is 2.17. The van der Waals surface area contributed by atoms with Gasteiger partial charge in [0.15, 0.2) is 0 Å². The fraction of sp³-hybridized carbons (Fsp3) is 0.364. The molecule has 1 amide bonds. The van der Waals surface area contributed by atoms with Gasteiger partial charge in [-0.15, -0.1) is 0 Å². The number of nitrogens with zero attached hydrogens (tertiary/aromatic N) is 1. The number of nitrogens with one attached hydrogen (secondary N) is 1. The molecule has 14 heavy (non-hydrogen) atoms. The van der Waals surface area contributed by atoms with Crippen LogP contribution < -0.4 is 10.2 Å². The van der Waals surface area contributed by atoms with Crippen LogP contribution in [0, 0.1) is 6.92 Å². The Morgan fingerprint density at radius 2 is 2.00 bits per heavy atom. The zero-order chi connectivity index (χ0) is 10.7. The van der Waals surface area contributed by atoms with Crippen molar-refractivity contribution in [2.75, 3.05) is 26.0 Å². The number of amides is 1. The fourth-order valence-corrected chi connectivity index (χ4v) is 1.27. The average molecular weight is 192 g/mol. The first-order valence-corrected chi connectivity index (χ1v) is 4.56. The van der Waals surface area contributed by atoms with E-state index in [-0.39, 0.29) is 5.91 Å². The van der Waals surface area contributed by atoms with Gasteiger partial charge in [-0.1, -0.05) is 6.07 Å². The highest BCUT2D eigenvalue weighted by molar-refractivity contribution is 5.96. The zero-order valence-corrected chi connectivity index (χ0v) is 9.09. The fourth-order valence-electron chi connectivity index (χ4n) is 1.27. The van der Waals surface area contributed by atoms with Crippen LogP contribution in [0.15, 0.2) is 18.2 Å². The summed E-state index contributed by atoms with van der Waals surface area (Å²) in [4.78, 5) is 13.5. The monoisotopic (exact) mass is 192 g/mol. The molecule has 0 heterocycles. The summed E-state index contributed by atoms with van der Waals surface area (Å²) >= 11 is 0. The number of aryl methyl sites for hydroxylation is 1. The van der Waals surface area contributed by atoms with Crippen LogP contribution in [0.25, 0.3) is 0 Å². The zero-order valence-electron chi connectivity index (χ0n) is 9.09. The van der Waals surface area contributed by atoms with Crippen LogP contribution in [0.2, 0.25) is 0 Å². The predicted molar refractivity (Wildman–Crippen MR) is 58.9 cm³/mol. The molecule has 1 aromatic rings. The van der Waals surface area contributed by atoms with Gasteiger partial charge in [-0.05, 0) is 24.6 Å². The van der Waals surface area contributed by atoms with Crippen LogP contribution >= 0.6 is 0 Å². The van der Waals surface area contributed by atoms with Gasteiger partial charge in [-0.2, -0.15) is 0 Å². The molecule has 0 atom stereocenters. The van der Waals surface area contributed by atoms with Crippen molar-refractivity contribution in [3.05, 3.63) is 29.3 Å². The molecule has 0 aliphatic carbocycles. The highest BCUT2D eigenvalue weighted by Gasteiger charge is 2.08. The van der Waals surface area contributed by atoms with Gasteiger partial charge in [0.25, 0.3) is 5.91 Å². The summed E-state index contributed by atoms with van der Waals surface area (Å²) in [5.41, 5.74) is 2.77. The minimum Gasteiger partial charge on any atom is -0.378 e. The number of anilines is 1. The summed E-state index contributed by atoms with van der Waals surface area (Å²) in [6, 6.07) is 5.86. The highest BCUT2D eigenvalue weighted by atomic mass is 16.1. The summed E-state index contributed by atoms with van der Waals surface area (Å²) in [5.74, 6) is -0.0359. The number of hydrogen-bond acceptors (Lipinski definition) is 2. The number of rotatable bonds is 2. The molecule has 0 unspecified atom stereocenters. The van der Waals surface area contributed by atoms with Crippen molar-refractivity contribution in [2.24, 2.45) is 0 Å². The summed E-state index contributed by atoms with van der Waals surface area (Å²) in [6.45, 7) is 1.93. The SMILES string of the molecule is CNC(=O)c1cc(N(C)C)ccc1C. The third-order valence-corrected chi connectivity index (χ3v) is 2.21. The molecule has 1 aromatic carbocycles. The van der Waals surface area contributed by atoms with E-state index in [1.807, 2.05) is 44.1 Å². The second-order valence-electron chi connectivity index (χ2n) is 3.47. The van der Waals surface area contributed by atoms with Gasteiger partial charge in [0.05, 0.1) is 0 Å². The van der Waals surface area contributed by atoms with Gasteiger partial charge in [-0.3, -0.25) is 4.79 Å². The molecule has 1 N–H and O–H groups in total. The molecule has 1 rings (SSSR count). The normalized spacial score (nSPS) is 9.71. The maximum Gasteiger partial charge on any atom is 0.251 e. The molecule has 0 fully saturated rings. The van der Waals surface area contributed by atoms with Crippen molar-refractivity contribution in [3.8, 4) is 0 Å². The molecule has 0 saturated carbocycles. The first-order chi connectivity index (χ1) is 6.56. The lowest BCUT2D eigenvalue weighted by Gasteiger charge is -2.14. The number of carbonyl (C=O) groups is 1. The van der Waals surface area contributed by atoms with Crippen LogP contribution in [0.4, 0.5) is 5.69 Å². The third-order valence-electron chi connectivity index (χ3n) is 2.21. The summed E-state index contributed by atoms with van der Waals surface area (Å²) in [6.07, 6.45) is 0. The Labute approximate surface area is 84.7 Å². The van der Waals surface area contributed by atoms with Gasteiger partial charge < -0.3 is 10.2 Å². The lowest BCUT2D eigenvalue weighted by Crippen LogP contribution is -2.19. The van der Waals surface area contributed by atoms with Crippen LogP contribution in [0.3, 0.4) is 0 Å². The summed E-state index contributed by atoms with van der Waals surface area (Å²) in [5, 5.41) is 2.63. The number of carbonyl (C=O) groups excluding carboxylic acids is 1. The van der Waals surface area contributed by atoms with E-state index in [1.54, 1.807) is 7.05 Å². The minimum absolute atomic E-state index is 0.0359. The maximum absolute atomic E-state index is 11.5. The molecule has 3 nitrogen and oxygen atoms in total. The molecule has 0 bridgehead atoms. The Bertz CT molecular complexity index is 345. The van der Waals surface area contributed by atoms with E-state index in [0.29, 0.717) is 0 Å². The first kappa shape index (κ1) is 10.6. The van der Waals surface area contributed by atoms with Crippen LogP contribution in [-0.2, 0) is 0 Å². The Balaban J connectivity index is 3.15. The van der Waals surface area contributed by atoms with Crippen LogP contribution in [-0.4, -0.2) is 27.1 Å². The molecular weight excluding hydrogens is 176 g/mol. The molecule has 0 aromatic heterocycles. The van der Waals surface area contributed by atoms with Crippen molar-refractivity contribution >= 4 is 11.6 Å². The standard InChI is InChI=1S/C11H16N2O/c1-8-5-6-9(13(3)4)7-10(8)11(14)12-2/h5-7H,1-4H3,(H,12,14). The Morgan fingerprint density at radius 3 is 2.50 bits per heavy atom. The number of hydrogen-bond donors (Lipinski definition) is 1. The lowest BCUT2D eigenvalue weighted by molar-refractivity contribution is 0.0962. The first-order valence-electron chi connectivity index (χ1n) is 4.56. The van der Waals surface area contributed by atoms with E-state index in [1.165, 1.54) is 0 Å². The van der Waals surface area contributed by atoms with Crippen molar-refractivity contribution in [1.82, 2.24) is 5.32 Å². The molecule has 76 valence electrons. The van der Waals surface area contributed by atoms with E-state index in [4.69, 9.17) is 0 Å². The summed E-state index contributed by atoms with van der Waals surface area (Å²) in [7, 11) is 5.56. The second kappa shape index (κ2) is 4.13. The second-order valence-corrected chi connectivity index (χ2v) is 3.47. The van der Waals surface area contributed by atoms with E-state index in [2.05, 4.69) is 5.32 Å². The Morgan fingerprint density at radius 1 is 1.36 bits per heavy atom. The van der Waals surface area contributed by atoms with E-state index in [0.717, 1.165) is 16.8 Å². The molecule has 3 heteroatoms. The molecule has 0 spiro atoms. The van der Waals surface area contributed by atoms with Crippen LogP contribution in [0.1, 0.15) is 15.9 Å². The van der Waals surface area contributed by atoms with Crippen LogP contribution in [0.5, 0.6) is 0 Å². The van der Waals surface area contributed by atoms with Gasteiger partial charge >= 0.3 is 0 Å². The van der Waals surface area contributed by atoms with Gasteiger partial charge in [0.2, 0.25) is 0 Å². The highest BCUT2D eigenvalue weighted by Crippen LogP contribution is 2.17. The van der Waals surface area contributed by atoms with Crippen molar-refractivity contribution in [3.63, 3.8) is 0 Å². The molecular formula is C11H16N2O. The Hall–Kier alpha value is -1.51. The molecule has 0 aliphatic rings. The van der Waals surface area contributed by atoms with Gasteiger partial charge in [-0.25, -0.2) is 0 Å². The van der Waals surface area contributed by atoms with E-state index in [9.17, 15) is 4.79 Å². The third kappa shape index (κ3) is 2.05. The topological polar surface area (TPSA) is 32.3 Å². The maximum atomic E-state index is 11.5. The van der Waals surface area contributed by atoms with Crippen molar-refractivity contribution in [2.45, 2.75) is 6.92 Å². The quantitative estimate of drug-likeness (QED) is 0.768. The summed E-state index contributed by atoms with van der Waals surface area (Å²) < 4.78 is 0. The largest absolute Gasteiger partial charge is 0.378 e. The Kier molecular flexibility index (Phi) is 3.12. The smallest absolute Gasteiger partial charge is 0.251 e. The minimum atomic E-state index is -0.0359. The molecule has 0 saturated heterocycles. The van der Waals surface area contributed by atoms with Crippen molar-refractivity contribution < 1.29 is 4.79 Å². The van der Waals surface area contributed by atoms with E-state index >= 15 is 0 Å². The van der Waals surface area contributed by atoms with Gasteiger partial charge in [0, 0.05) is 32.4 Å². The van der Waals surface area contributed by atoms with Gasteiger partial charge in [0.1, 0.15) is 0 Å². The van der Waals surface area contributed by atoms with Crippen molar-refractivity contribution in [1.29, 1.82) is 0 Å². The molecule has 0 aliphatic heterocycles. The predicted octanol–water partition coefficient (Wildman–Crippen LogP) is 1.42. The molecule has 0 radical (unpaired) electrons. The lowest BCUT2D eigenvalue weighted by atomic mass is 10.1. The number of benzene rings is 1. The van der Waals surface area contributed by atoms with E-state index < -0.39 is 0 Å².